The van der Waals surface area contributed by atoms with Crippen molar-refractivity contribution in [3.8, 4) is 0 Å². The molecule has 0 atom stereocenters. The minimum atomic E-state index is -0.471. The molecule has 0 radical (unpaired) electrons. The molecule has 13 heavy (non-hydrogen) atoms. The highest BCUT2D eigenvalue weighted by molar-refractivity contribution is 5.92. The topological polar surface area (TPSA) is 58.9 Å². The molecule has 0 saturated carbocycles. The molecule has 4 heteroatoms. The fourth-order valence-corrected chi connectivity index (χ4v) is 1.30. The van der Waals surface area contributed by atoms with Gasteiger partial charge in [-0.2, -0.15) is 0 Å². The zero-order chi connectivity index (χ0) is 9.42. The first-order valence-electron chi connectivity index (χ1n) is 3.75. The van der Waals surface area contributed by atoms with Crippen molar-refractivity contribution in [2.24, 2.45) is 0 Å². The molecule has 0 aliphatic heterocycles. The van der Waals surface area contributed by atoms with Gasteiger partial charge in [0.05, 0.1) is 11.1 Å². The van der Waals surface area contributed by atoms with Gasteiger partial charge in [-0.25, -0.2) is 4.39 Å². The molecule has 0 amide bonds. The molecule has 3 nitrogen and oxygen atoms in total. The number of anilines is 1. The minimum Gasteiger partial charge on any atom is -0.397 e. The molecule has 1 aromatic heterocycles. The number of nitrogen functional groups attached to an aromatic ring is 1. The van der Waals surface area contributed by atoms with Gasteiger partial charge in [-0.15, -0.1) is 0 Å². The fraction of sp³-hybridized carbons (Fsp3) is 0. The molecular weight excluding hydrogens is 171 g/mol. The Morgan fingerprint density at radius 3 is 2.85 bits per heavy atom. The van der Waals surface area contributed by atoms with Gasteiger partial charge < -0.3 is 10.7 Å². The standard InChI is InChI=1S/C9H7FN2O/c10-6-3-1-2-5-8(6)7(11)4-12-9(5)13/h1-4H,11H2,(H,12,13). The fourth-order valence-electron chi connectivity index (χ4n) is 1.30. The summed E-state index contributed by atoms with van der Waals surface area (Å²) < 4.78 is 13.2. The van der Waals surface area contributed by atoms with E-state index in [9.17, 15) is 9.18 Å². The summed E-state index contributed by atoms with van der Waals surface area (Å²) in [7, 11) is 0. The lowest BCUT2D eigenvalue weighted by atomic mass is 10.1. The average molecular weight is 178 g/mol. The maximum absolute atomic E-state index is 13.2. The van der Waals surface area contributed by atoms with Gasteiger partial charge in [-0.05, 0) is 12.1 Å². The van der Waals surface area contributed by atoms with Crippen LogP contribution in [0.15, 0.2) is 29.2 Å². The zero-order valence-corrected chi connectivity index (χ0v) is 6.67. The van der Waals surface area contributed by atoms with E-state index in [4.69, 9.17) is 5.73 Å². The molecule has 0 bridgehead atoms. The summed E-state index contributed by atoms with van der Waals surface area (Å²) in [4.78, 5) is 13.6. The Morgan fingerprint density at radius 2 is 2.15 bits per heavy atom. The van der Waals surface area contributed by atoms with E-state index in [0.717, 1.165) is 0 Å². The highest BCUT2D eigenvalue weighted by Gasteiger charge is 2.05. The Labute approximate surface area is 73.0 Å². The van der Waals surface area contributed by atoms with E-state index in [2.05, 4.69) is 4.98 Å². The van der Waals surface area contributed by atoms with E-state index in [-0.39, 0.29) is 22.0 Å². The molecule has 0 unspecified atom stereocenters. The lowest BCUT2D eigenvalue weighted by molar-refractivity contribution is 0.640. The molecule has 2 rings (SSSR count). The molecule has 0 aliphatic carbocycles. The summed E-state index contributed by atoms with van der Waals surface area (Å²) in [6.07, 6.45) is 1.30. The van der Waals surface area contributed by atoms with Crippen molar-refractivity contribution in [3.05, 3.63) is 40.6 Å². The Kier molecular flexibility index (Phi) is 1.55. The summed E-state index contributed by atoms with van der Waals surface area (Å²) >= 11 is 0. The number of fused-ring (bicyclic) bond motifs is 1. The second-order valence-electron chi connectivity index (χ2n) is 2.74. The van der Waals surface area contributed by atoms with Crippen molar-refractivity contribution < 1.29 is 4.39 Å². The summed E-state index contributed by atoms with van der Waals surface area (Å²) in [5, 5.41) is 0.464. The van der Waals surface area contributed by atoms with Gasteiger partial charge in [0.25, 0.3) is 5.56 Å². The van der Waals surface area contributed by atoms with Crippen molar-refractivity contribution in [3.63, 3.8) is 0 Å². The summed E-state index contributed by atoms with van der Waals surface area (Å²) in [5.74, 6) is -0.471. The molecule has 1 heterocycles. The molecule has 0 saturated heterocycles. The van der Waals surface area contributed by atoms with Gasteiger partial charge in [0.15, 0.2) is 0 Å². The van der Waals surface area contributed by atoms with Crippen LogP contribution in [0.1, 0.15) is 0 Å². The van der Waals surface area contributed by atoms with E-state index < -0.39 is 5.82 Å². The van der Waals surface area contributed by atoms with Crippen LogP contribution in [0, 0.1) is 5.82 Å². The Bertz CT molecular complexity index is 510. The van der Waals surface area contributed by atoms with Crippen molar-refractivity contribution in [2.75, 3.05) is 5.73 Å². The quantitative estimate of drug-likeness (QED) is 0.637. The van der Waals surface area contributed by atoms with Crippen LogP contribution in [-0.4, -0.2) is 4.98 Å². The predicted molar refractivity (Wildman–Crippen MR) is 48.9 cm³/mol. The Hall–Kier alpha value is -1.84. The number of hydrogen-bond acceptors (Lipinski definition) is 2. The van der Waals surface area contributed by atoms with E-state index in [1.807, 2.05) is 0 Å². The molecule has 0 aliphatic rings. The molecule has 3 N–H and O–H groups in total. The number of pyridine rings is 1. The third-order valence-electron chi connectivity index (χ3n) is 1.91. The highest BCUT2D eigenvalue weighted by atomic mass is 19.1. The third-order valence-corrected chi connectivity index (χ3v) is 1.91. The monoisotopic (exact) mass is 178 g/mol. The SMILES string of the molecule is Nc1c[nH]c(=O)c2cccc(F)c12. The van der Waals surface area contributed by atoms with Crippen LogP contribution in [-0.2, 0) is 0 Å². The smallest absolute Gasteiger partial charge is 0.256 e. The summed E-state index contributed by atoms with van der Waals surface area (Å²) in [5.41, 5.74) is 5.43. The maximum Gasteiger partial charge on any atom is 0.256 e. The highest BCUT2D eigenvalue weighted by Crippen LogP contribution is 2.19. The lowest BCUT2D eigenvalue weighted by Crippen LogP contribution is -2.07. The summed E-state index contributed by atoms with van der Waals surface area (Å²) in [6, 6.07) is 4.29. The van der Waals surface area contributed by atoms with E-state index >= 15 is 0 Å². The van der Waals surface area contributed by atoms with Gasteiger partial charge in [-0.1, -0.05) is 6.07 Å². The minimum absolute atomic E-state index is 0.186. The molecule has 66 valence electrons. The second kappa shape index (κ2) is 2.58. The van der Waals surface area contributed by atoms with Gasteiger partial charge in [0.1, 0.15) is 5.82 Å². The van der Waals surface area contributed by atoms with Gasteiger partial charge in [0.2, 0.25) is 0 Å². The van der Waals surface area contributed by atoms with Crippen LogP contribution in [0.2, 0.25) is 0 Å². The second-order valence-corrected chi connectivity index (χ2v) is 2.74. The van der Waals surface area contributed by atoms with Crippen LogP contribution < -0.4 is 11.3 Å². The van der Waals surface area contributed by atoms with E-state index in [1.54, 1.807) is 0 Å². The number of hydrogen-bond donors (Lipinski definition) is 2. The lowest BCUT2D eigenvalue weighted by Gasteiger charge is -2.00. The first kappa shape index (κ1) is 7.79. The van der Waals surface area contributed by atoms with Crippen LogP contribution in [0.4, 0.5) is 10.1 Å². The van der Waals surface area contributed by atoms with Gasteiger partial charge >= 0.3 is 0 Å². The number of H-pyrrole nitrogens is 1. The molecule has 0 spiro atoms. The van der Waals surface area contributed by atoms with Crippen LogP contribution >= 0.6 is 0 Å². The maximum atomic E-state index is 13.2. The Morgan fingerprint density at radius 1 is 1.38 bits per heavy atom. The van der Waals surface area contributed by atoms with Crippen LogP contribution in [0.25, 0.3) is 10.8 Å². The van der Waals surface area contributed by atoms with Crippen molar-refractivity contribution >= 4 is 16.5 Å². The average Bonchev–Trinajstić information content (AvgIpc) is 2.12. The number of halogens is 1. The zero-order valence-electron chi connectivity index (χ0n) is 6.67. The van der Waals surface area contributed by atoms with Crippen LogP contribution in [0.5, 0.6) is 0 Å². The number of nitrogens with two attached hydrogens (primary N) is 1. The third kappa shape index (κ3) is 1.07. The summed E-state index contributed by atoms with van der Waals surface area (Å²) in [6.45, 7) is 0. The number of aromatic nitrogens is 1. The first-order valence-corrected chi connectivity index (χ1v) is 3.75. The van der Waals surface area contributed by atoms with E-state index in [0.29, 0.717) is 0 Å². The predicted octanol–water partition coefficient (Wildman–Crippen LogP) is 1.25. The van der Waals surface area contributed by atoms with Crippen molar-refractivity contribution in [2.45, 2.75) is 0 Å². The van der Waals surface area contributed by atoms with Crippen molar-refractivity contribution in [1.82, 2.24) is 4.98 Å². The van der Waals surface area contributed by atoms with Crippen LogP contribution in [0.3, 0.4) is 0 Å². The number of nitrogens with one attached hydrogen (secondary N) is 1. The van der Waals surface area contributed by atoms with E-state index in [1.165, 1.54) is 24.4 Å². The molecule has 0 fully saturated rings. The van der Waals surface area contributed by atoms with Gasteiger partial charge in [-0.3, -0.25) is 4.79 Å². The Balaban J connectivity index is 3.09. The number of benzene rings is 1. The number of rotatable bonds is 0. The van der Waals surface area contributed by atoms with Crippen molar-refractivity contribution in [1.29, 1.82) is 0 Å². The first-order chi connectivity index (χ1) is 6.20. The number of aromatic amines is 1. The normalized spacial score (nSPS) is 10.5. The molecular formula is C9H7FN2O. The largest absolute Gasteiger partial charge is 0.397 e. The van der Waals surface area contributed by atoms with Gasteiger partial charge in [0, 0.05) is 11.6 Å². The molecule has 1 aromatic carbocycles. The molecule has 2 aromatic rings.